The molecule has 0 radical (unpaired) electrons. The number of methoxy groups -OCH3 is 1. The number of nitrogens with zero attached hydrogens (tertiary/aromatic N) is 2. The van der Waals surface area contributed by atoms with Crippen molar-refractivity contribution in [1.82, 2.24) is 30.7 Å². The predicted octanol–water partition coefficient (Wildman–Crippen LogP) is -1.90. The van der Waals surface area contributed by atoms with Crippen molar-refractivity contribution in [3.8, 4) is 5.75 Å². The molecule has 23 heteroatoms. The van der Waals surface area contributed by atoms with Crippen molar-refractivity contribution in [2.24, 2.45) is 11.5 Å². The molecule has 6 amide bonds. The molecular formula is C44H61ClN8O14. The van der Waals surface area contributed by atoms with Crippen molar-refractivity contribution in [2.75, 3.05) is 33.4 Å². The van der Waals surface area contributed by atoms with E-state index >= 15 is 0 Å². The van der Waals surface area contributed by atoms with Gasteiger partial charge >= 0.3 is 0 Å². The van der Waals surface area contributed by atoms with Gasteiger partial charge in [0.1, 0.15) is 42.2 Å². The van der Waals surface area contributed by atoms with Crippen LogP contribution in [0.5, 0.6) is 5.75 Å². The van der Waals surface area contributed by atoms with E-state index in [1.165, 1.54) is 32.4 Å². The molecule has 0 saturated carbocycles. The molecule has 67 heavy (non-hydrogen) atoms. The first-order valence-corrected chi connectivity index (χ1v) is 21.9. The zero-order valence-electron chi connectivity index (χ0n) is 38.1. The summed E-state index contributed by atoms with van der Waals surface area (Å²) < 4.78 is 18.2. The summed E-state index contributed by atoms with van der Waals surface area (Å²) in [4.78, 5) is 92.1. The second-order valence-corrected chi connectivity index (χ2v) is 16.8. The minimum absolute atomic E-state index is 0.189. The largest absolute Gasteiger partial charge is 0.497 e. The third kappa shape index (κ3) is 14.2. The normalized spacial score (nSPS) is 20.4. The minimum atomic E-state index is -1.70. The van der Waals surface area contributed by atoms with Gasteiger partial charge < -0.3 is 72.3 Å². The number of primary amides is 1. The number of ether oxygens (including phenoxy) is 3. The highest BCUT2D eigenvalue weighted by Crippen LogP contribution is 2.31. The van der Waals surface area contributed by atoms with Gasteiger partial charge in [0, 0.05) is 54.6 Å². The number of hydrogen-bond acceptors (Lipinski definition) is 15. The Balaban J connectivity index is 1.46. The fourth-order valence-electron chi connectivity index (χ4n) is 7.53. The number of benzene rings is 2. The van der Waals surface area contributed by atoms with Crippen LogP contribution in [-0.2, 0) is 44.7 Å². The van der Waals surface area contributed by atoms with Crippen molar-refractivity contribution < 1.29 is 68.2 Å². The van der Waals surface area contributed by atoms with Gasteiger partial charge in [0.05, 0.1) is 43.9 Å². The molecule has 368 valence electrons. The van der Waals surface area contributed by atoms with Crippen LogP contribution in [0.3, 0.4) is 0 Å². The van der Waals surface area contributed by atoms with E-state index in [1.54, 1.807) is 49.4 Å². The Morgan fingerprint density at radius 1 is 0.985 bits per heavy atom. The summed E-state index contributed by atoms with van der Waals surface area (Å²) >= 11 is 6.04. The van der Waals surface area contributed by atoms with Gasteiger partial charge in [-0.2, -0.15) is 0 Å². The van der Waals surface area contributed by atoms with Crippen LogP contribution >= 0.6 is 11.6 Å². The molecule has 1 fully saturated rings. The molecule has 10 atom stereocenters. The first kappa shape index (κ1) is 53.9. The number of fused-ring (bicyclic) bond motifs is 1. The lowest BCUT2D eigenvalue weighted by molar-refractivity contribution is -0.268. The lowest BCUT2D eigenvalue weighted by Crippen LogP contribution is -2.65. The molecule has 0 aliphatic carbocycles. The van der Waals surface area contributed by atoms with E-state index in [1.807, 2.05) is 0 Å². The number of hydrogen-bond donors (Lipinski definition) is 10. The van der Waals surface area contributed by atoms with Crippen molar-refractivity contribution in [2.45, 2.75) is 115 Å². The monoisotopic (exact) mass is 960 g/mol. The number of carbonyl (C=O) groups excluding carboxylic acids is 7. The number of aromatic nitrogens is 1. The van der Waals surface area contributed by atoms with E-state index in [0.29, 0.717) is 38.5 Å². The van der Waals surface area contributed by atoms with Gasteiger partial charge in [-0.05, 0) is 82.1 Å². The molecular weight excluding hydrogens is 900 g/mol. The average Bonchev–Trinajstić information content (AvgIpc) is 3.55. The van der Waals surface area contributed by atoms with Crippen LogP contribution < -0.4 is 37.5 Å². The van der Waals surface area contributed by atoms with Crippen molar-refractivity contribution in [1.29, 1.82) is 0 Å². The number of halogens is 1. The van der Waals surface area contributed by atoms with E-state index < -0.39 is 109 Å². The van der Waals surface area contributed by atoms with E-state index in [0.717, 1.165) is 11.8 Å². The average molecular weight is 961 g/mol. The maximum Gasteiger partial charge on any atom is 0.262 e. The van der Waals surface area contributed by atoms with E-state index in [-0.39, 0.29) is 38.4 Å². The Labute approximate surface area is 391 Å². The van der Waals surface area contributed by atoms with Gasteiger partial charge in [0.25, 0.3) is 5.91 Å². The van der Waals surface area contributed by atoms with Crippen LogP contribution in [0.2, 0.25) is 5.02 Å². The lowest BCUT2D eigenvalue weighted by atomic mass is 9.96. The quantitative estimate of drug-likeness (QED) is 0.0526. The van der Waals surface area contributed by atoms with Gasteiger partial charge in [-0.15, -0.1) is 0 Å². The number of aliphatic hydroxyl groups excluding tert-OH is 4. The maximum atomic E-state index is 13.9. The Morgan fingerprint density at radius 2 is 1.64 bits per heavy atom. The molecule has 2 unspecified atom stereocenters. The Hall–Kier alpha value is -5.72. The van der Waals surface area contributed by atoms with Gasteiger partial charge in [-0.25, -0.2) is 0 Å². The highest BCUT2D eigenvalue weighted by Gasteiger charge is 2.46. The number of rotatable bonds is 22. The molecule has 1 aromatic heterocycles. The van der Waals surface area contributed by atoms with Crippen molar-refractivity contribution >= 4 is 63.9 Å². The second-order valence-electron chi connectivity index (χ2n) is 16.4. The van der Waals surface area contributed by atoms with Gasteiger partial charge in [-0.1, -0.05) is 11.6 Å². The third-order valence-corrected chi connectivity index (χ3v) is 11.4. The lowest BCUT2D eigenvalue weighted by Gasteiger charge is -2.44. The third-order valence-electron chi connectivity index (χ3n) is 11.2. The molecule has 0 spiro atoms. The summed E-state index contributed by atoms with van der Waals surface area (Å²) in [6, 6.07) is 6.61. The molecule has 2 aromatic carbocycles. The summed E-state index contributed by atoms with van der Waals surface area (Å²) in [6.07, 6.45) is -9.22. The first-order chi connectivity index (χ1) is 31.6. The highest BCUT2D eigenvalue weighted by molar-refractivity contribution is 6.30. The summed E-state index contributed by atoms with van der Waals surface area (Å²) in [7, 11) is 1.49. The van der Waals surface area contributed by atoms with E-state index in [2.05, 4.69) is 21.3 Å². The van der Waals surface area contributed by atoms with Gasteiger partial charge in [0.2, 0.25) is 35.4 Å². The number of aliphatic hydroxyl groups is 4. The Kier molecular flexibility index (Phi) is 19.6. The van der Waals surface area contributed by atoms with Crippen molar-refractivity contribution in [3.63, 3.8) is 0 Å². The molecule has 0 bridgehead atoms. The number of nitrogens with one attached hydrogen (secondary N) is 4. The molecule has 1 saturated heterocycles. The molecule has 22 nitrogen and oxygen atoms in total. The summed E-state index contributed by atoms with van der Waals surface area (Å²) in [5, 5.41) is 53.3. The summed E-state index contributed by atoms with van der Waals surface area (Å²) in [6.45, 7) is 5.33. The number of amides is 6. The molecule has 4 rings (SSSR count). The zero-order chi connectivity index (χ0) is 49.9. The van der Waals surface area contributed by atoms with Crippen LogP contribution in [-0.4, -0.2) is 166 Å². The fraction of sp³-hybridized carbons (Fsp3) is 0.523. The minimum Gasteiger partial charge on any atom is -0.497 e. The number of carbonyl (C=O) groups is 7. The molecule has 1 aliphatic heterocycles. The molecule has 1 aliphatic rings. The summed E-state index contributed by atoms with van der Waals surface area (Å²) in [5.74, 6) is -4.07. The second kappa shape index (κ2) is 24.3. The number of nitrogens with two attached hydrogens (primary N) is 2. The standard InChI is InChI=1S/C44H61ClN8O14/c1-21(66-39-37(50-25(5)55)44(64)67-34(20-54)38(39)59)19-52(36(58)14-12-32(40(47)60)51-41(61)22(2)46)24(4)42(62)49-18-28(56)17-48-35(57)16-30-23(3)53(33-13-11-29(65-6)15-31(30)33)43(63)26-7-9-27(45)10-8-26/h7-11,13,15,21-22,24,28,32,34,37-39,44,54,56,59,64H,12,14,16-20,46H2,1-6H3,(H2,47,60)(H,48,57)(H,49,62)(H,50,55)(H,51,61)/t21?,22-,24-,28?,32+,34+,37+,38+,39+,44-/m0/s1. The van der Waals surface area contributed by atoms with Gasteiger partial charge in [-0.3, -0.25) is 38.1 Å². The Bertz CT molecular complexity index is 2260. The highest BCUT2D eigenvalue weighted by atomic mass is 35.5. The van der Waals surface area contributed by atoms with Crippen LogP contribution in [0.1, 0.15) is 62.2 Å². The van der Waals surface area contributed by atoms with Gasteiger partial charge in [0.15, 0.2) is 6.29 Å². The zero-order valence-corrected chi connectivity index (χ0v) is 38.8. The van der Waals surface area contributed by atoms with Crippen LogP contribution in [0.4, 0.5) is 0 Å². The van der Waals surface area contributed by atoms with Crippen molar-refractivity contribution in [3.05, 3.63) is 64.3 Å². The topological polar surface area (TPSA) is 336 Å². The van der Waals surface area contributed by atoms with Crippen LogP contribution in [0.25, 0.3) is 10.9 Å². The van der Waals surface area contributed by atoms with E-state index in [9.17, 15) is 54.0 Å². The van der Waals surface area contributed by atoms with Crippen LogP contribution in [0.15, 0.2) is 42.5 Å². The predicted molar refractivity (Wildman–Crippen MR) is 241 cm³/mol. The molecule has 3 aromatic rings. The van der Waals surface area contributed by atoms with E-state index in [4.69, 9.17) is 37.3 Å². The molecule has 12 N–H and O–H groups in total. The fourth-order valence-corrected chi connectivity index (χ4v) is 7.66. The first-order valence-electron chi connectivity index (χ1n) is 21.5. The SMILES string of the molecule is COc1ccc2c(c1)c(CC(=O)NCC(O)CNC(=O)[C@H](C)N(CC(C)O[C@H]1[C@H](O)[C@@H](CO)O[C@H](O)[C@@H]1NC(C)=O)C(=O)CC[C@@H](NC(=O)[C@H](C)N)C(N)=O)c(C)n2C(=O)c1ccc(Cl)cc1. The smallest absolute Gasteiger partial charge is 0.262 e. The Morgan fingerprint density at radius 3 is 2.24 bits per heavy atom. The summed E-state index contributed by atoms with van der Waals surface area (Å²) in [5.41, 5.74) is 13.0. The maximum absolute atomic E-state index is 13.9. The van der Waals surface area contributed by atoms with Crippen LogP contribution in [0, 0.1) is 6.92 Å². The molecule has 2 heterocycles.